The number of carbonyl (C=O) groups excluding carboxylic acids is 1. The number of carbonyl (C=O) groups is 2. The fourth-order valence-electron chi connectivity index (χ4n) is 2.07. The molecule has 1 amide bonds. The second-order valence-electron chi connectivity index (χ2n) is 5.32. The summed E-state index contributed by atoms with van der Waals surface area (Å²) in [6.45, 7) is 8.69. The van der Waals surface area contributed by atoms with Gasteiger partial charge in [0.2, 0.25) is 5.91 Å². The van der Waals surface area contributed by atoms with Gasteiger partial charge in [0.25, 0.3) is 0 Å². The van der Waals surface area contributed by atoms with E-state index >= 15 is 0 Å². The molecular weight excluding hydrogens is 220 g/mol. The number of nitrogens with zero attached hydrogens (tertiary/aromatic N) is 2. The minimum absolute atomic E-state index is 0.101. The van der Waals surface area contributed by atoms with Crippen LogP contribution in [-0.4, -0.2) is 59.5 Å². The molecule has 1 aliphatic rings. The molecule has 0 aromatic carbocycles. The molecule has 17 heavy (non-hydrogen) atoms. The number of hydrogen-bond acceptors (Lipinski definition) is 3. The molecule has 0 radical (unpaired) electrons. The molecule has 1 fully saturated rings. The number of hydrogen-bond donors (Lipinski definition) is 1. The molecule has 1 saturated heterocycles. The molecule has 0 atom stereocenters. The predicted octanol–water partition coefficient (Wildman–Crippen LogP) is 0.651. The maximum absolute atomic E-state index is 11.3. The summed E-state index contributed by atoms with van der Waals surface area (Å²) in [5, 5.41) is 9.09. The van der Waals surface area contributed by atoms with Gasteiger partial charge in [-0.1, -0.05) is 0 Å². The molecule has 5 nitrogen and oxygen atoms in total. The monoisotopic (exact) mass is 242 g/mol. The molecule has 1 aliphatic heterocycles. The number of carboxylic acid groups (broad SMARTS) is 1. The Kier molecular flexibility index (Phi) is 4.51. The summed E-state index contributed by atoms with van der Waals surface area (Å²) in [7, 11) is 0. The lowest BCUT2D eigenvalue weighted by molar-refractivity contribution is -0.148. The lowest BCUT2D eigenvalue weighted by Crippen LogP contribution is -2.41. The normalized spacial score (nSPS) is 18.9. The summed E-state index contributed by atoms with van der Waals surface area (Å²) in [5.74, 6) is -0.672. The minimum atomic E-state index is -0.773. The fraction of sp³-hybridized carbons (Fsp3) is 0.833. The summed E-state index contributed by atoms with van der Waals surface area (Å²) in [6, 6.07) is 0. The summed E-state index contributed by atoms with van der Waals surface area (Å²) in [6.07, 6.45) is 0.912. The molecule has 0 aromatic rings. The molecule has 0 unspecified atom stereocenters. The van der Waals surface area contributed by atoms with E-state index in [0.717, 1.165) is 26.1 Å². The van der Waals surface area contributed by atoms with E-state index < -0.39 is 11.4 Å². The van der Waals surface area contributed by atoms with Gasteiger partial charge in [-0.05, 0) is 26.8 Å². The zero-order valence-electron chi connectivity index (χ0n) is 10.9. The van der Waals surface area contributed by atoms with Gasteiger partial charge in [-0.2, -0.15) is 0 Å². The molecule has 1 heterocycles. The lowest BCUT2D eigenvalue weighted by atomic mass is 9.93. The number of aliphatic carboxylic acids is 1. The van der Waals surface area contributed by atoms with Crippen molar-refractivity contribution < 1.29 is 14.7 Å². The molecule has 0 spiro atoms. The van der Waals surface area contributed by atoms with Gasteiger partial charge in [-0.3, -0.25) is 9.59 Å². The van der Waals surface area contributed by atoms with E-state index in [1.54, 1.807) is 20.8 Å². The number of rotatable bonds is 3. The first-order valence-electron chi connectivity index (χ1n) is 6.04. The SMILES string of the molecule is CC(=O)N1CCCN(CC(C)(C)C(=O)O)CC1. The van der Waals surface area contributed by atoms with E-state index in [4.69, 9.17) is 5.11 Å². The molecule has 5 heteroatoms. The average molecular weight is 242 g/mol. The lowest BCUT2D eigenvalue weighted by Gasteiger charge is -2.28. The van der Waals surface area contributed by atoms with Crippen LogP contribution in [0.15, 0.2) is 0 Å². The Morgan fingerprint density at radius 1 is 1.18 bits per heavy atom. The van der Waals surface area contributed by atoms with Gasteiger partial charge in [0, 0.05) is 33.1 Å². The Labute approximate surface area is 102 Å². The third kappa shape index (κ3) is 4.00. The molecule has 1 N–H and O–H groups in total. The Morgan fingerprint density at radius 3 is 2.35 bits per heavy atom. The number of amides is 1. The van der Waals surface area contributed by atoms with Gasteiger partial charge >= 0.3 is 5.97 Å². The van der Waals surface area contributed by atoms with Crippen molar-refractivity contribution in [1.29, 1.82) is 0 Å². The van der Waals surface area contributed by atoms with Crippen LogP contribution in [0.4, 0.5) is 0 Å². The minimum Gasteiger partial charge on any atom is -0.481 e. The van der Waals surface area contributed by atoms with Crippen LogP contribution in [0.25, 0.3) is 0 Å². The standard InChI is InChI=1S/C12H22N2O3/c1-10(15)14-6-4-5-13(7-8-14)9-12(2,3)11(16)17/h4-9H2,1-3H3,(H,16,17). The van der Waals surface area contributed by atoms with Gasteiger partial charge in [-0.25, -0.2) is 0 Å². The highest BCUT2D eigenvalue weighted by molar-refractivity contribution is 5.74. The van der Waals surface area contributed by atoms with Crippen molar-refractivity contribution in [2.75, 3.05) is 32.7 Å². The molecule has 0 aromatic heterocycles. The second-order valence-corrected chi connectivity index (χ2v) is 5.32. The van der Waals surface area contributed by atoms with Gasteiger partial charge < -0.3 is 14.9 Å². The number of carboxylic acids is 1. The Morgan fingerprint density at radius 2 is 1.82 bits per heavy atom. The molecule has 0 aliphatic carbocycles. The smallest absolute Gasteiger partial charge is 0.310 e. The van der Waals surface area contributed by atoms with Crippen LogP contribution in [0, 0.1) is 5.41 Å². The summed E-state index contributed by atoms with van der Waals surface area (Å²) in [5.41, 5.74) is -0.731. The van der Waals surface area contributed by atoms with Crippen molar-refractivity contribution >= 4 is 11.9 Å². The highest BCUT2D eigenvalue weighted by Gasteiger charge is 2.30. The maximum Gasteiger partial charge on any atom is 0.310 e. The van der Waals surface area contributed by atoms with E-state index in [9.17, 15) is 9.59 Å². The van der Waals surface area contributed by atoms with Crippen molar-refractivity contribution in [3.8, 4) is 0 Å². The molecule has 0 saturated carbocycles. The van der Waals surface area contributed by atoms with Crippen molar-refractivity contribution in [3.05, 3.63) is 0 Å². The summed E-state index contributed by atoms with van der Waals surface area (Å²) in [4.78, 5) is 26.3. The first kappa shape index (κ1) is 14.0. The largest absolute Gasteiger partial charge is 0.481 e. The van der Waals surface area contributed by atoms with Gasteiger partial charge in [0.15, 0.2) is 0 Å². The van der Waals surface area contributed by atoms with Crippen LogP contribution < -0.4 is 0 Å². The average Bonchev–Trinajstić information content (AvgIpc) is 2.42. The third-order valence-corrected chi connectivity index (χ3v) is 3.23. The van der Waals surface area contributed by atoms with E-state index in [2.05, 4.69) is 4.90 Å². The zero-order chi connectivity index (χ0) is 13.1. The van der Waals surface area contributed by atoms with E-state index in [0.29, 0.717) is 13.1 Å². The Bertz CT molecular complexity index is 302. The maximum atomic E-state index is 11.3. The van der Waals surface area contributed by atoms with E-state index in [1.807, 2.05) is 4.90 Å². The topological polar surface area (TPSA) is 60.9 Å². The van der Waals surface area contributed by atoms with Gasteiger partial charge in [-0.15, -0.1) is 0 Å². The first-order chi connectivity index (χ1) is 7.83. The van der Waals surface area contributed by atoms with Crippen LogP contribution >= 0.6 is 0 Å². The Balaban J connectivity index is 2.52. The van der Waals surface area contributed by atoms with E-state index in [-0.39, 0.29) is 5.91 Å². The molecule has 0 bridgehead atoms. The van der Waals surface area contributed by atoms with Gasteiger partial charge in [0.1, 0.15) is 0 Å². The van der Waals surface area contributed by atoms with Crippen LogP contribution in [0.2, 0.25) is 0 Å². The highest BCUT2D eigenvalue weighted by Crippen LogP contribution is 2.18. The fourth-order valence-corrected chi connectivity index (χ4v) is 2.07. The second kappa shape index (κ2) is 5.49. The van der Waals surface area contributed by atoms with Crippen molar-refractivity contribution in [2.24, 2.45) is 5.41 Å². The highest BCUT2D eigenvalue weighted by atomic mass is 16.4. The van der Waals surface area contributed by atoms with Crippen LogP contribution in [0.1, 0.15) is 27.2 Å². The molecule has 1 rings (SSSR count). The third-order valence-electron chi connectivity index (χ3n) is 3.23. The molecule has 98 valence electrons. The summed E-state index contributed by atoms with van der Waals surface area (Å²) >= 11 is 0. The first-order valence-corrected chi connectivity index (χ1v) is 6.04. The summed E-state index contributed by atoms with van der Waals surface area (Å²) < 4.78 is 0. The zero-order valence-corrected chi connectivity index (χ0v) is 10.9. The van der Waals surface area contributed by atoms with Crippen molar-refractivity contribution in [1.82, 2.24) is 9.80 Å². The van der Waals surface area contributed by atoms with Crippen LogP contribution in [0.3, 0.4) is 0 Å². The quantitative estimate of drug-likeness (QED) is 0.789. The predicted molar refractivity (Wildman–Crippen MR) is 64.7 cm³/mol. The molecular formula is C12H22N2O3. The van der Waals surface area contributed by atoms with Crippen LogP contribution in [-0.2, 0) is 9.59 Å². The van der Waals surface area contributed by atoms with Crippen molar-refractivity contribution in [3.63, 3.8) is 0 Å². The van der Waals surface area contributed by atoms with E-state index in [1.165, 1.54) is 0 Å². The van der Waals surface area contributed by atoms with Gasteiger partial charge in [0.05, 0.1) is 5.41 Å². The Hall–Kier alpha value is -1.10. The van der Waals surface area contributed by atoms with Crippen LogP contribution in [0.5, 0.6) is 0 Å². The van der Waals surface area contributed by atoms with Crippen molar-refractivity contribution in [2.45, 2.75) is 27.2 Å².